The normalized spacial score (nSPS) is 11.2. The second kappa shape index (κ2) is 4.23. The molecule has 1 N–H and O–H groups in total. The molecule has 1 aromatic rings. The van der Waals surface area contributed by atoms with Crippen LogP contribution in [0.15, 0.2) is 22.7 Å². The predicted molar refractivity (Wildman–Crippen MR) is 61.0 cm³/mol. The summed E-state index contributed by atoms with van der Waals surface area (Å²) in [6.45, 7) is 5.39. The van der Waals surface area contributed by atoms with Gasteiger partial charge in [0, 0.05) is 0 Å². The molecule has 0 heterocycles. The number of rotatable bonds is 1. The Morgan fingerprint density at radius 2 is 2.00 bits per heavy atom. The zero-order chi connectivity index (χ0) is 11.6. The number of benzene rings is 1. The van der Waals surface area contributed by atoms with Crippen molar-refractivity contribution in [1.29, 1.82) is 0 Å². The Bertz CT molecular complexity index is 380. The molecule has 0 aliphatic carbocycles. The minimum atomic E-state index is -0.528. The summed E-state index contributed by atoms with van der Waals surface area (Å²) in [4.78, 5) is 11.6. The smallest absolute Gasteiger partial charge is 0.338 e. The number of ether oxygens (including phenoxy) is 1. The molecule has 0 spiro atoms. The van der Waals surface area contributed by atoms with E-state index in [9.17, 15) is 9.90 Å². The van der Waals surface area contributed by atoms with Gasteiger partial charge in [0.15, 0.2) is 0 Å². The van der Waals surface area contributed by atoms with E-state index in [1.807, 2.05) is 0 Å². The van der Waals surface area contributed by atoms with Gasteiger partial charge in [0.25, 0.3) is 0 Å². The monoisotopic (exact) mass is 272 g/mol. The van der Waals surface area contributed by atoms with Gasteiger partial charge in [-0.15, -0.1) is 0 Å². The number of hydrogen-bond donors (Lipinski definition) is 1. The number of carbonyl (C=O) groups excluding carboxylic acids is 1. The molecule has 1 rings (SSSR count). The van der Waals surface area contributed by atoms with Gasteiger partial charge < -0.3 is 9.84 Å². The molecule has 82 valence electrons. The molecule has 4 heteroatoms. The van der Waals surface area contributed by atoms with E-state index in [-0.39, 0.29) is 5.75 Å². The van der Waals surface area contributed by atoms with Crippen molar-refractivity contribution in [2.24, 2.45) is 0 Å². The second-order valence-electron chi connectivity index (χ2n) is 4.17. The molecular formula is C11H13BrO3. The lowest BCUT2D eigenvalue weighted by Crippen LogP contribution is -2.23. The van der Waals surface area contributed by atoms with Crippen molar-refractivity contribution in [1.82, 2.24) is 0 Å². The molecule has 0 bridgehead atoms. The Morgan fingerprint density at radius 3 is 2.47 bits per heavy atom. The Balaban J connectivity index is 2.88. The van der Waals surface area contributed by atoms with Crippen LogP contribution in [0.1, 0.15) is 31.1 Å². The number of hydrogen-bond acceptors (Lipinski definition) is 3. The summed E-state index contributed by atoms with van der Waals surface area (Å²) in [5.74, 6) is -0.413. The molecule has 0 saturated heterocycles. The molecule has 0 aliphatic rings. The molecule has 0 aliphatic heterocycles. The highest BCUT2D eigenvalue weighted by atomic mass is 79.9. The maximum Gasteiger partial charge on any atom is 0.338 e. The molecule has 15 heavy (non-hydrogen) atoms. The number of esters is 1. The van der Waals surface area contributed by atoms with Crippen molar-refractivity contribution in [2.45, 2.75) is 26.4 Å². The molecule has 0 saturated carbocycles. The van der Waals surface area contributed by atoms with E-state index in [0.29, 0.717) is 10.0 Å². The highest BCUT2D eigenvalue weighted by Crippen LogP contribution is 2.25. The number of phenolic OH excluding ortho intramolecular Hbond substituents is 1. The van der Waals surface area contributed by atoms with E-state index >= 15 is 0 Å². The largest absolute Gasteiger partial charge is 0.507 e. The zero-order valence-corrected chi connectivity index (χ0v) is 10.5. The van der Waals surface area contributed by atoms with Crippen LogP contribution in [-0.4, -0.2) is 16.7 Å². The summed E-state index contributed by atoms with van der Waals surface area (Å²) in [6.07, 6.45) is 0. The Labute approximate surface area is 97.2 Å². The number of aromatic hydroxyl groups is 1. The van der Waals surface area contributed by atoms with Gasteiger partial charge in [-0.05, 0) is 54.9 Å². The molecule has 0 fully saturated rings. The fraction of sp³-hybridized carbons (Fsp3) is 0.364. The summed E-state index contributed by atoms with van der Waals surface area (Å²) >= 11 is 3.14. The molecule has 3 nitrogen and oxygen atoms in total. The lowest BCUT2D eigenvalue weighted by molar-refractivity contribution is 0.00691. The fourth-order valence-electron chi connectivity index (χ4n) is 0.977. The first-order valence-corrected chi connectivity index (χ1v) is 5.31. The van der Waals surface area contributed by atoms with Gasteiger partial charge in [0.05, 0.1) is 10.0 Å². The van der Waals surface area contributed by atoms with Crippen LogP contribution in [-0.2, 0) is 4.74 Å². The summed E-state index contributed by atoms with van der Waals surface area (Å²) in [5.41, 5.74) is -0.189. The molecule has 1 aromatic carbocycles. The van der Waals surface area contributed by atoms with Crippen molar-refractivity contribution in [3.63, 3.8) is 0 Å². The molecular weight excluding hydrogens is 260 g/mol. The van der Waals surface area contributed by atoms with Crippen LogP contribution in [0.4, 0.5) is 0 Å². The first kappa shape index (κ1) is 12.0. The SMILES string of the molecule is CC(C)(C)OC(=O)c1ccc(Br)c(O)c1. The third-order valence-corrected chi connectivity index (χ3v) is 2.25. The molecule has 0 unspecified atom stereocenters. The quantitative estimate of drug-likeness (QED) is 0.800. The summed E-state index contributed by atoms with van der Waals surface area (Å²) in [7, 11) is 0. The second-order valence-corrected chi connectivity index (χ2v) is 5.02. The summed E-state index contributed by atoms with van der Waals surface area (Å²) in [5, 5.41) is 9.39. The number of halogens is 1. The van der Waals surface area contributed by atoms with Gasteiger partial charge >= 0.3 is 5.97 Å². The van der Waals surface area contributed by atoms with E-state index in [1.165, 1.54) is 6.07 Å². The van der Waals surface area contributed by atoms with Crippen LogP contribution in [0.25, 0.3) is 0 Å². The topological polar surface area (TPSA) is 46.5 Å². The average molecular weight is 273 g/mol. The number of carbonyl (C=O) groups is 1. The zero-order valence-electron chi connectivity index (χ0n) is 8.87. The van der Waals surface area contributed by atoms with Crippen LogP contribution in [0.5, 0.6) is 5.75 Å². The lowest BCUT2D eigenvalue weighted by Gasteiger charge is -2.19. The van der Waals surface area contributed by atoms with Crippen LogP contribution in [0, 0.1) is 0 Å². The Hall–Kier alpha value is -1.03. The van der Waals surface area contributed by atoms with Gasteiger partial charge in [-0.3, -0.25) is 0 Å². The van der Waals surface area contributed by atoms with Gasteiger partial charge in [0.2, 0.25) is 0 Å². The Kier molecular flexibility index (Phi) is 3.39. The molecule has 0 amide bonds. The first-order valence-electron chi connectivity index (χ1n) is 4.51. The predicted octanol–water partition coefficient (Wildman–Crippen LogP) is 3.11. The minimum absolute atomic E-state index is 0.0263. The molecule has 0 aromatic heterocycles. The standard InChI is InChI=1S/C11H13BrO3/c1-11(2,3)15-10(14)7-4-5-8(12)9(13)6-7/h4-6,13H,1-3H3. The van der Waals surface area contributed by atoms with Gasteiger partial charge in [-0.1, -0.05) is 0 Å². The van der Waals surface area contributed by atoms with E-state index in [0.717, 1.165) is 0 Å². The average Bonchev–Trinajstić information content (AvgIpc) is 2.06. The van der Waals surface area contributed by atoms with Gasteiger partial charge in [0.1, 0.15) is 11.4 Å². The third-order valence-electron chi connectivity index (χ3n) is 1.58. The van der Waals surface area contributed by atoms with Crippen LogP contribution < -0.4 is 0 Å². The van der Waals surface area contributed by atoms with Crippen molar-refractivity contribution in [3.05, 3.63) is 28.2 Å². The highest BCUT2D eigenvalue weighted by Gasteiger charge is 2.18. The van der Waals surface area contributed by atoms with Crippen LogP contribution in [0.2, 0.25) is 0 Å². The first-order chi connectivity index (χ1) is 6.79. The van der Waals surface area contributed by atoms with Crippen molar-refractivity contribution >= 4 is 21.9 Å². The Morgan fingerprint density at radius 1 is 1.40 bits per heavy atom. The maximum absolute atomic E-state index is 11.6. The molecule has 0 atom stereocenters. The van der Waals surface area contributed by atoms with Crippen LogP contribution >= 0.6 is 15.9 Å². The van der Waals surface area contributed by atoms with Gasteiger partial charge in [-0.25, -0.2) is 4.79 Å². The van der Waals surface area contributed by atoms with Gasteiger partial charge in [-0.2, -0.15) is 0 Å². The summed E-state index contributed by atoms with van der Waals surface area (Å²) in [6, 6.07) is 4.57. The van der Waals surface area contributed by atoms with Crippen molar-refractivity contribution < 1.29 is 14.6 Å². The lowest BCUT2D eigenvalue weighted by atomic mass is 10.1. The van der Waals surface area contributed by atoms with E-state index < -0.39 is 11.6 Å². The summed E-state index contributed by atoms with van der Waals surface area (Å²) < 4.78 is 5.70. The highest BCUT2D eigenvalue weighted by molar-refractivity contribution is 9.10. The van der Waals surface area contributed by atoms with E-state index in [2.05, 4.69) is 15.9 Å². The van der Waals surface area contributed by atoms with E-state index in [4.69, 9.17) is 4.74 Å². The maximum atomic E-state index is 11.6. The van der Waals surface area contributed by atoms with Crippen molar-refractivity contribution in [2.75, 3.05) is 0 Å². The molecule has 0 radical (unpaired) electrons. The fourth-order valence-corrected chi connectivity index (χ4v) is 1.22. The van der Waals surface area contributed by atoms with Crippen LogP contribution in [0.3, 0.4) is 0 Å². The minimum Gasteiger partial charge on any atom is -0.507 e. The third kappa shape index (κ3) is 3.55. The van der Waals surface area contributed by atoms with Crippen molar-refractivity contribution in [3.8, 4) is 5.75 Å². The van der Waals surface area contributed by atoms with E-state index in [1.54, 1.807) is 32.9 Å². The number of phenols is 1.